The lowest BCUT2D eigenvalue weighted by Crippen LogP contribution is -2.56. The number of hydrogen-bond acceptors (Lipinski definition) is 3. The van der Waals surface area contributed by atoms with Crippen molar-refractivity contribution < 1.29 is 9.90 Å². The van der Waals surface area contributed by atoms with E-state index in [-0.39, 0.29) is 18.7 Å². The molecule has 0 aromatic carbocycles. The van der Waals surface area contributed by atoms with E-state index >= 15 is 0 Å². The van der Waals surface area contributed by atoms with Crippen LogP contribution in [-0.2, 0) is 0 Å². The van der Waals surface area contributed by atoms with E-state index < -0.39 is 5.54 Å². The molecule has 0 heterocycles. The summed E-state index contributed by atoms with van der Waals surface area (Å²) in [7, 11) is 0. The molecule has 0 aromatic rings. The summed E-state index contributed by atoms with van der Waals surface area (Å²) in [6, 6.07) is 0.170. The van der Waals surface area contributed by atoms with Crippen LogP contribution < -0.4 is 10.6 Å². The molecule has 3 N–H and O–H groups in total. The summed E-state index contributed by atoms with van der Waals surface area (Å²) in [6.07, 6.45) is 8.94. The molecule has 0 bridgehead atoms. The minimum atomic E-state index is -0.447. The van der Waals surface area contributed by atoms with Gasteiger partial charge < -0.3 is 15.7 Å². The standard InChI is InChI=1S/C14H26N2O2S/c1-14(9-17,10-6-7-10)16-13(18)15-11-4-3-5-12(8-11)19-2/h10-12,17H,3-9H2,1-2H3,(H2,15,16,18). The van der Waals surface area contributed by atoms with Gasteiger partial charge in [0.2, 0.25) is 0 Å². The second-order valence-corrected chi connectivity index (χ2v) is 7.31. The first-order chi connectivity index (χ1) is 9.07. The first-order valence-electron chi connectivity index (χ1n) is 7.29. The SMILES string of the molecule is CSC1CCCC(NC(=O)NC(C)(CO)C2CC2)C1. The van der Waals surface area contributed by atoms with E-state index in [1.54, 1.807) is 0 Å². The molecule has 0 saturated heterocycles. The van der Waals surface area contributed by atoms with Gasteiger partial charge in [-0.15, -0.1) is 0 Å². The van der Waals surface area contributed by atoms with Crippen molar-refractivity contribution in [3.8, 4) is 0 Å². The normalized spacial score (nSPS) is 30.5. The highest BCUT2D eigenvalue weighted by molar-refractivity contribution is 7.99. The quantitative estimate of drug-likeness (QED) is 0.725. The van der Waals surface area contributed by atoms with Crippen molar-refractivity contribution in [3.05, 3.63) is 0 Å². The van der Waals surface area contributed by atoms with Gasteiger partial charge in [0.1, 0.15) is 0 Å². The number of aliphatic hydroxyl groups is 1. The van der Waals surface area contributed by atoms with Gasteiger partial charge in [-0.05, 0) is 51.2 Å². The molecule has 0 radical (unpaired) electrons. The van der Waals surface area contributed by atoms with Gasteiger partial charge in [-0.3, -0.25) is 0 Å². The predicted molar refractivity (Wildman–Crippen MR) is 79.4 cm³/mol. The van der Waals surface area contributed by atoms with Crippen LogP contribution in [0.25, 0.3) is 0 Å². The zero-order valence-corrected chi connectivity index (χ0v) is 12.8. The Hall–Kier alpha value is -0.420. The van der Waals surface area contributed by atoms with Gasteiger partial charge in [-0.1, -0.05) is 6.42 Å². The second-order valence-electron chi connectivity index (χ2n) is 6.17. The zero-order valence-electron chi connectivity index (χ0n) is 11.9. The van der Waals surface area contributed by atoms with Crippen LogP contribution >= 0.6 is 11.8 Å². The minimum absolute atomic E-state index is 0.0171. The second kappa shape index (κ2) is 6.35. The van der Waals surface area contributed by atoms with Gasteiger partial charge in [0.05, 0.1) is 12.1 Å². The van der Waals surface area contributed by atoms with Crippen LogP contribution in [0, 0.1) is 5.92 Å². The van der Waals surface area contributed by atoms with Crippen molar-refractivity contribution in [3.63, 3.8) is 0 Å². The van der Waals surface area contributed by atoms with Gasteiger partial charge >= 0.3 is 6.03 Å². The molecule has 19 heavy (non-hydrogen) atoms. The zero-order chi connectivity index (χ0) is 13.9. The van der Waals surface area contributed by atoms with Crippen LogP contribution in [0.5, 0.6) is 0 Å². The summed E-state index contributed by atoms with van der Waals surface area (Å²) in [5, 5.41) is 16.2. The fraction of sp³-hybridized carbons (Fsp3) is 0.929. The molecule has 3 atom stereocenters. The third-order valence-corrected chi connectivity index (χ3v) is 5.60. The molecule has 2 saturated carbocycles. The lowest BCUT2D eigenvalue weighted by atomic mass is 9.94. The first kappa shape index (κ1) is 15.0. The van der Waals surface area contributed by atoms with Gasteiger partial charge in [0.25, 0.3) is 0 Å². The van der Waals surface area contributed by atoms with Crippen molar-refractivity contribution in [2.75, 3.05) is 12.9 Å². The van der Waals surface area contributed by atoms with Gasteiger partial charge in [0.15, 0.2) is 0 Å². The smallest absolute Gasteiger partial charge is 0.315 e. The Kier molecular flexibility index (Phi) is 5.01. The Bertz CT molecular complexity index is 323. The van der Waals surface area contributed by atoms with E-state index in [2.05, 4.69) is 16.9 Å². The van der Waals surface area contributed by atoms with Crippen LogP contribution in [0.2, 0.25) is 0 Å². The Morgan fingerprint density at radius 3 is 2.68 bits per heavy atom. The number of urea groups is 1. The van der Waals surface area contributed by atoms with E-state index in [0.29, 0.717) is 11.2 Å². The van der Waals surface area contributed by atoms with E-state index in [1.807, 2.05) is 18.7 Å². The molecule has 2 fully saturated rings. The summed E-state index contributed by atoms with van der Waals surface area (Å²) in [4.78, 5) is 12.1. The van der Waals surface area contributed by atoms with Crippen LogP contribution in [0.1, 0.15) is 45.4 Å². The number of aliphatic hydroxyl groups excluding tert-OH is 1. The molecule has 110 valence electrons. The third-order valence-electron chi connectivity index (χ3n) is 4.50. The van der Waals surface area contributed by atoms with Gasteiger partial charge in [0, 0.05) is 11.3 Å². The average Bonchev–Trinajstić information content (AvgIpc) is 3.23. The molecule has 4 nitrogen and oxygen atoms in total. The maximum absolute atomic E-state index is 12.1. The number of amides is 2. The van der Waals surface area contributed by atoms with E-state index in [1.165, 1.54) is 12.8 Å². The Labute approximate surface area is 120 Å². The molecule has 2 amide bonds. The van der Waals surface area contributed by atoms with E-state index in [4.69, 9.17) is 0 Å². The van der Waals surface area contributed by atoms with E-state index in [9.17, 15) is 9.90 Å². The maximum atomic E-state index is 12.1. The molecule has 3 unspecified atom stereocenters. The highest BCUT2D eigenvalue weighted by Crippen LogP contribution is 2.39. The van der Waals surface area contributed by atoms with Crippen molar-refractivity contribution in [1.82, 2.24) is 10.6 Å². The van der Waals surface area contributed by atoms with Crippen LogP contribution in [0.4, 0.5) is 4.79 Å². The molecule has 0 aromatic heterocycles. The lowest BCUT2D eigenvalue weighted by Gasteiger charge is -2.32. The molecule has 5 heteroatoms. The fourth-order valence-corrected chi connectivity index (χ4v) is 3.79. The number of carbonyl (C=O) groups excluding carboxylic acids is 1. The predicted octanol–water partition coefficient (Wildman–Crippen LogP) is 2.12. The van der Waals surface area contributed by atoms with Crippen molar-refractivity contribution in [2.45, 2.75) is 62.3 Å². The van der Waals surface area contributed by atoms with Crippen LogP contribution in [0.3, 0.4) is 0 Å². The number of rotatable bonds is 5. The summed E-state index contributed by atoms with van der Waals surface area (Å²) in [5.41, 5.74) is -0.447. The molecule has 2 aliphatic carbocycles. The summed E-state index contributed by atoms with van der Waals surface area (Å²) >= 11 is 1.90. The Morgan fingerprint density at radius 1 is 1.37 bits per heavy atom. The molecule has 0 aliphatic heterocycles. The topological polar surface area (TPSA) is 61.4 Å². The number of hydrogen-bond donors (Lipinski definition) is 3. The highest BCUT2D eigenvalue weighted by Gasteiger charge is 2.42. The number of nitrogens with one attached hydrogen (secondary N) is 2. The van der Waals surface area contributed by atoms with Gasteiger partial charge in [-0.2, -0.15) is 11.8 Å². The number of thioether (sulfide) groups is 1. The van der Waals surface area contributed by atoms with Gasteiger partial charge in [-0.25, -0.2) is 4.79 Å². The van der Waals surface area contributed by atoms with Crippen molar-refractivity contribution >= 4 is 17.8 Å². The maximum Gasteiger partial charge on any atom is 0.315 e. The lowest BCUT2D eigenvalue weighted by molar-refractivity contribution is 0.153. The third kappa shape index (κ3) is 4.02. The summed E-state index contributed by atoms with van der Waals surface area (Å²) in [5.74, 6) is 0.438. The van der Waals surface area contributed by atoms with Crippen molar-refractivity contribution in [2.24, 2.45) is 5.92 Å². The molecule has 2 aliphatic rings. The van der Waals surface area contributed by atoms with Crippen LogP contribution in [-0.4, -0.2) is 40.8 Å². The highest BCUT2D eigenvalue weighted by atomic mass is 32.2. The summed E-state index contributed by atoms with van der Waals surface area (Å²) in [6.45, 7) is 1.96. The first-order valence-corrected chi connectivity index (χ1v) is 8.58. The van der Waals surface area contributed by atoms with Crippen molar-refractivity contribution in [1.29, 1.82) is 0 Å². The summed E-state index contributed by atoms with van der Waals surface area (Å²) < 4.78 is 0. The minimum Gasteiger partial charge on any atom is -0.394 e. The molecular formula is C14H26N2O2S. The largest absolute Gasteiger partial charge is 0.394 e. The Morgan fingerprint density at radius 2 is 2.11 bits per heavy atom. The fourth-order valence-electron chi connectivity index (χ4n) is 2.96. The molecular weight excluding hydrogens is 260 g/mol. The monoisotopic (exact) mass is 286 g/mol. The Balaban J connectivity index is 1.80. The molecule has 0 spiro atoms. The average molecular weight is 286 g/mol. The van der Waals surface area contributed by atoms with E-state index in [0.717, 1.165) is 25.7 Å². The number of carbonyl (C=O) groups is 1. The van der Waals surface area contributed by atoms with Crippen LogP contribution in [0.15, 0.2) is 0 Å². The molecule has 2 rings (SSSR count).